The number of carbonyl (C=O) groups is 1. The minimum Gasteiger partial charge on any atom is -0.463 e. The van der Waals surface area contributed by atoms with Crippen molar-refractivity contribution in [2.24, 2.45) is 5.92 Å². The van der Waals surface area contributed by atoms with Gasteiger partial charge < -0.3 is 9.15 Å². The number of carbonyl (C=O) groups excluding carboxylic acids is 1. The van der Waals surface area contributed by atoms with Gasteiger partial charge in [0.2, 0.25) is 5.76 Å². The standard InChI is InChI=1S/C13H19NO3/c1-10-4-3-6-14(8-10)9-11-5-7-17-12(11)13(15)16-2/h5,7,10H,3-4,6,8-9H2,1-2H3/t10-/m0/s1. The van der Waals surface area contributed by atoms with Gasteiger partial charge in [-0.1, -0.05) is 6.92 Å². The van der Waals surface area contributed by atoms with Crippen LogP contribution in [0.3, 0.4) is 0 Å². The molecule has 1 saturated heterocycles. The van der Waals surface area contributed by atoms with Crippen LogP contribution in [0.25, 0.3) is 0 Å². The third kappa shape index (κ3) is 2.88. The van der Waals surface area contributed by atoms with Crippen molar-refractivity contribution in [3.05, 3.63) is 23.7 Å². The molecule has 0 radical (unpaired) electrons. The molecule has 0 unspecified atom stereocenters. The highest BCUT2D eigenvalue weighted by atomic mass is 16.5. The smallest absolute Gasteiger partial charge is 0.374 e. The van der Waals surface area contributed by atoms with Gasteiger partial charge in [0.1, 0.15) is 0 Å². The average Bonchev–Trinajstić information content (AvgIpc) is 2.76. The maximum absolute atomic E-state index is 11.5. The van der Waals surface area contributed by atoms with E-state index in [1.807, 2.05) is 6.07 Å². The molecule has 0 spiro atoms. The maximum Gasteiger partial charge on any atom is 0.374 e. The van der Waals surface area contributed by atoms with E-state index >= 15 is 0 Å². The van der Waals surface area contributed by atoms with Crippen molar-refractivity contribution in [2.75, 3.05) is 20.2 Å². The van der Waals surface area contributed by atoms with Crippen LogP contribution in [0, 0.1) is 5.92 Å². The lowest BCUT2D eigenvalue weighted by atomic mass is 10.00. The van der Waals surface area contributed by atoms with E-state index in [9.17, 15) is 4.79 Å². The topological polar surface area (TPSA) is 42.7 Å². The third-order valence-electron chi connectivity index (χ3n) is 3.25. The van der Waals surface area contributed by atoms with Gasteiger partial charge in [-0.3, -0.25) is 4.90 Å². The fraction of sp³-hybridized carbons (Fsp3) is 0.615. The van der Waals surface area contributed by atoms with E-state index in [0.29, 0.717) is 5.76 Å². The molecule has 0 saturated carbocycles. The van der Waals surface area contributed by atoms with Crippen LogP contribution in [0.15, 0.2) is 16.7 Å². The molecule has 0 amide bonds. The quantitative estimate of drug-likeness (QED) is 0.756. The number of nitrogens with zero attached hydrogens (tertiary/aromatic N) is 1. The summed E-state index contributed by atoms with van der Waals surface area (Å²) in [6, 6.07) is 1.85. The van der Waals surface area contributed by atoms with Gasteiger partial charge in [0.05, 0.1) is 13.4 Å². The number of piperidine rings is 1. The number of likely N-dealkylation sites (tertiary alicyclic amines) is 1. The molecule has 0 aromatic carbocycles. The highest BCUT2D eigenvalue weighted by molar-refractivity contribution is 5.87. The van der Waals surface area contributed by atoms with Gasteiger partial charge in [-0.25, -0.2) is 4.79 Å². The zero-order valence-electron chi connectivity index (χ0n) is 10.4. The molecule has 94 valence electrons. The predicted molar refractivity (Wildman–Crippen MR) is 63.7 cm³/mol. The number of hydrogen-bond acceptors (Lipinski definition) is 4. The molecule has 0 bridgehead atoms. The minimum atomic E-state index is -0.393. The molecule has 1 aliphatic rings. The normalized spacial score (nSPS) is 21.4. The molecule has 1 aromatic rings. The highest BCUT2D eigenvalue weighted by Crippen LogP contribution is 2.20. The number of furan rings is 1. The van der Waals surface area contributed by atoms with Crippen molar-refractivity contribution in [3.63, 3.8) is 0 Å². The fourth-order valence-corrected chi connectivity index (χ4v) is 2.40. The predicted octanol–water partition coefficient (Wildman–Crippen LogP) is 2.30. The molecule has 1 aromatic heterocycles. The van der Waals surface area contributed by atoms with E-state index in [1.165, 1.54) is 20.0 Å². The van der Waals surface area contributed by atoms with Crippen LogP contribution in [-0.4, -0.2) is 31.1 Å². The summed E-state index contributed by atoms with van der Waals surface area (Å²) in [6.07, 6.45) is 4.08. The van der Waals surface area contributed by atoms with E-state index in [4.69, 9.17) is 9.15 Å². The van der Waals surface area contributed by atoms with E-state index in [2.05, 4.69) is 11.8 Å². The molecule has 1 atom stereocenters. The monoisotopic (exact) mass is 237 g/mol. The number of methoxy groups -OCH3 is 1. The van der Waals surface area contributed by atoms with Gasteiger partial charge in [0, 0.05) is 18.7 Å². The number of hydrogen-bond donors (Lipinski definition) is 0. The first-order valence-corrected chi connectivity index (χ1v) is 6.07. The number of rotatable bonds is 3. The minimum absolute atomic E-state index is 0.339. The van der Waals surface area contributed by atoms with E-state index in [1.54, 1.807) is 6.26 Å². The third-order valence-corrected chi connectivity index (χ3v) is 3.25. The lowest BCUT2D eigenvalue weighted by molar-refractivity contribution is 0.0561. The molecule has 4 heteroatoms. The molecular weight excluding hydrogens is 218 g/mol. The first-order valence-electron chi connectivity index (χ1n) is 6.07. The van der Waals surface area contributed by atoms with E-state index in [-0.39, 0.29) is 0 Å². The molecule has 2 heterocycles. The Morgan fingerprint density at radius 2 is 2.47 bits per heavy atom. The average molecular weight is 237 g/mol. The summed E-state index contributed by atoms with van der Waals surface area (Å²) in [5.74, 6) is 0.679. The molecule has 17 heavy (non-hydrogen) atoms. The van der Waals surface area contributed by atoms with Crippen LogP contribution in [-0.2, 0) is 11.3 Å². The summed E-state index contributed by atoms with van der Waals surface area (Å²) >= 11 is 0. The van der Waals surface area contributed by atoms with Crippen molar-refractivity contribution in [1.29, 1.82) is 0 Å². The Labute approximate surface area is 102 Å². The summed E-state index contributed by atoms with van der Waals surface area (Å²) in [6.45, 7) is 5.22. The van der Waals surface area contributed by atoms with Crippen molar-refractivity contribution in [3.8, 4) is 0 Å². The van der Waals surface area contributed by atoms with E-state index < -0.39 is 5.97 Å². The summed E-state index contributed by atoms with van der Waals surface area (Å²) < 4.78 is 9.88. The summed E-state index contributed by atoms with van der Waals surface area (Å²) in [4.78, 5) is 13.8. The Hall–Kier alpha value is -1.29. The van der Waals surface area contributed by atoms with Gasteiger partial charge in [0.25, 0.3) is 0 Å². The first kappa shape index (κ1) is 12.2. The zero-order valence-corrected chi connectivity index (χ0v) is 10.4. The van der Waals surface area contributed by atoms with Crippen molar-refractivity contribution >= 4 is 5.97 Å². The Kier molecular flexibility index (Phi) is 3.84. The van der Waals surface area contributed by atoms with Crippen LogP contribution in [0.5, 0.6) is 0 Å². The van der Waals surface area contributed by atoms with Gasteiger partial charge in [-0.05, 0) is 31.4 Å². The van der Waals surface area contributed by atoms with Crippen LogP contribution >= 0.6 is 0 Å². The lowest BCUT2D eigenvalue weighted by Gasteiger charge is -2.30. The largest absolute Gasteiger partial charge is 0.463 e. The van der Waals surface area contributed by atoms with Gasteiger partial charge in [0.15, 0.2) is 0 Å². The van der Waals surface area contributed by atoms with Gasteiger partial charge >= 0.3 is 5.97 Å². The molecular formula is C13H19NO3. The summed E-state index contributed by atoms with van der Waals surface area (Å²) in [7, 11) is 1.37. The molecule has 1 fully saturated rings. The maximum atomic E-state index is 11.5. The Bertz CT molecular complexity index is 386. The van der Waals surface area contributed by atoms with Crippen LogP contribution < -0.4 is 0 Å². The van der Waals surface area contributed by atoms with Gasteiger partial charge in [-0.15, -0.1) is 0 Å². The van der Waals surface area contributed by atoms with E-state index in [0.717, 1.165) is 31.1 Å². The molecule has 0 N–H and O–H groups in total. The summed E-state index contributed by atoms with van der Waals surface area (Å²) in [5, 5.41) is 0. The van der Waals surface area contributed by atoms with Gasteiger partial charge in [-0.2, -0.15) is 0 Å². The Morgan fingerprint density at radius 1 is 1.65 bits per heavy atom. The van der Waals surface area contributed by atoms with Crippen molar-refractivity contribution in [1.82, 2.24) is 4.90 Å². The molecule has 4 nitrogen and oxygen atoms in total. The second kappa shape index (κ2) is 5.36. The Morgan fingerprint density at radius 3 is 3.18 bits per heavy atom. The van der Waals surface area contributed by atoms with Crippen molar-refractivity contribution < 1.29 is 13.9 Å². The van der Waals surface area contributed by atoms with Crippen LogP contribution in [0.1, 0.15) is 35.9 Å². The lowest BCUT2D eigenvalue weighted by Crippen LogP contribution is -2.34. The zero-order chi connectivity index (χ0) is 12.3. The first-order chi connectivity index (χ1) is 8.20. The Balaban J connectivity index is 2.03. The molecule has 2 rings (SSSR count). The highest BCUT2D eigenvalue weighted by Gasteiger charge is 2.21. The van der Waals surface area contributed by atoms with Crippen molar-refractivity contribution in [2.45, 2.75) is 26.3 Å². The number of esters is 1. The van der Waals surface area contributed by atoms with Crippen LogP contribution in [0.4, 0.5) is 0 Å². The SMILES string of the molecule is COC(=O)c1occc1CN1CCC[C@H](C)C1. The molecule has 0 aliphatic carbocycles. The second-order valence-corrected chi connectivity index (χ2v) is 4.75. The molecule has 1 aliphatic heterocycles. The fourth-order valence-electron chi connectivity index (χ4n) is 2.40. The second-order valence-electron chi connectivity index (χ2n) is 4.75. The number of ether oxygens (including phenoxy) is 1. The summed E-state index contributed by atoms with van der Waals surface area (Å²) in [5.41, 5.74) is 0.922. The van der Waals surface area contributed by atoms with Crippen LogP contribution in [0.2, 0.25) is 0 Å².